The van der Waals surface area contributed by atoms with E-state index >= 15 is 0 Å². The van der Waals surface area contributed by atoms with Crippen LogP contribution in [0, 0.1) is 11.3 Å². The summed E-state index contributed by atoms with van der Waals surface area (Å²) in [6.45, 7) is 36.6. The Morgan fingerprint density at radius 1 is 1.09 bits per heavy atom. The van der Waals surface area contributed by atoms with Gasteiger partial charge in [0.05, 0.1) is 36.5 Å². The molecule has 4 heterocycles. The molecule has 3 aliphatic heterocycles. The zero-order chi connectivity index (χ0) is 47.3. The number of nitrogens with zero attached hydrogens (tertiary/aromatic N) is 5. The van der Waals surface area contributed by atoms with Gasteiger partial charge in [0.2, 0.25) is 5.91 Å². The molecule has 358 valence electrons. The number of piperazine rings is 1. The fourth-order valence-corrected chi connectivity index (χ4v) is 10.7. The van der Waals surface area contributed by atoms with Crippen LogP contribution in [0.15, 0.2) is 80.2 Å². The highest BCUT2D eigenvalue weighted by molar-refractivity contribution is 5.82. The van der Waals surface area contributed by atoms with Crippen LogP contribution in [-0.4, -0.2) is 134 Å². The molecule has 0 radical (unpaired) electrons. The number of allylic oxidation sites excluding steroid dienone is 1. The summed E-state index contributed by atoms with van der Waals surface area (Å²) in [6, 6.07) is 10.3. The Morgan fingerprint density at radius 3 is 2.52 bits per heavy atom. The lowest BCUT2D eigenvalue weighted by Gasteiger charge is -2.52. The van der Waals surface area contributed by atoms with Gasteiger partial charge >= 0.3 is 0 Å². The SMILES string of the molecule is C=CC(=C)N1CCN(CCC)C(CCNC)(CCNC(C(=O)NC(C=C)CN2CCC=C(c3ccc4c(c3)C(CC(C)(C)COC=O)C(c3cccnc3C(C)O)N4CC)C2)C(C)C)C1. The number of aliphatic hydroxyl groups is 1. The summed E-state index contributed by atoms with van der Waals surface area (Å²) in [5, 5.41) is 21.3. The maximum atomic E-state index is 14.1. The van der Waals surface area contributed by atoms with E-state index in [4.69, 9.17) is 4.74 Å². The number of fused-ring (bicyclic) bond motifs is 1. The van der Waals surface area contributed by atoms with E-state index in [0.717, 1.165) is 102 Å². The van der Waals surface area contributed by atoms with Gasteiger partial charge in [-0.25, -0.2) is 0 Å². The van der Waals surface area contributed by atoms with E-state index in [1.54, 1.807) is 13.1 Å². The highest BCUT2D eigenvalue weighted by Crippen LogP contribution is 2.54. The number of rotatable bonds is 26. The number of likely N-dealkylation sites (N-methyl/N-ethyl adjacent to an activating group) is 1. The van der Waals surface area contributed by atoms with Gasteiger partial charge in [-0.15, -0.1) is 6.58 Å². The maximum absolute atomic E-state index is 14.1. The second-order valence-electron chi connectivity index (χ2n) is 19.8. The molecule has 12 heteroatoms. The first kappa shape index (κ1) is 51.7. The molecule has 0 saturated carbocycles. The van der Waals surface area contributed by atoms with Gasteiger partial charge in [-0.2, -0.15) is 0 Å². The molecular weight excluding hydrogens is 813 g/mol. The van der Waals surface area contributed by atoms with Crippen molar-refractivity contribution >= 4 is 23.6 Å². The number of carbonyl (C=O) groups is 2. The van der Waals surface area contributed by atoms with Crippen molar-refractivity contribution < 1.29 is 19.4 Å². The summed E-state index contributed by atoms with van der Waals surface area (Å²) in [5.41, 5.74) is 7.21. The predicted octanol–water partition coefficient (Wildman–Crippen LogP) is 7.23. The van der Waals surface area contributed by atoms with E-state index in [9.17, 15) is 14.7 Å². The maximum Gasteiger partial charge on any atom is 0.293 e. The largest absolute Gasteiger partial charge is 0.467 e. The van der Waals surface area contributed by atoms with Gasteiger partial charge < -0.3 is 35.6 Å². The molecule has 65 heavy (non-hydrogen) atoms. The lowest BCUT2D eigenvalue weighted by atomic mass is 9.76. The molecule has 1 amide bonds. The van der Waals surface area contributed by atoms with Crippen molar-refractivity contribution in [1.82, 2.24) is 35.6 Å². The van der Waals surface area contributed by atoms with E-state index in [1.165, 1.54) is 22.4 Å². The number of aromatic nitrogens is 1. The summed E-state index contributed by atoms with van der Waals surface area (Å²) >= 11 is 0. The Kier molecular flexibility index (Phi) is 19.0. The number of hydrogen-bond acceptors (Lipinski definition) is 11. The number of aliphatic hydroxyl groups excluding tert-OH is 1. The molecule has 3 aliphatic rings. The first-order valence-electron chi connectivity index (χ1n) is 24.3. The van der Waals surface area contributed by atoms with Gasteiger partial charge in [0.1, 0.15) is 0 Å². The van der Waals surface area contributed by atoms with E-state index < -0.39 is 6.10 Å². The number of benzene rings is 1. The highest BCUT2D eigenvalue weighted by Gasteiger charge is 2.44. The molecule has 1 fully saturated rings. The van der Waals surface area contributed by atoms with Crippen molar-refractivity contribution in [3.8, 4) is 0 Å². The topological polar surface area (TPSA) is 126 Å². The van der Waals surface area contributed by atoms with Gasteiger partial charge in [-0.1, -0.05) is 72.1 Å². The second-order valence-corrected chi connectivity index (χ2v) is 19.8. The third kappa shape index (κ3) is 12.8. The van der Waals surface area contributed by atoms with Crippen LogP contribution in [0.25, 0.3) is 5.57 Å². The van der Waals surface area contributed by atoms with Crippen molar-refractivity contribution in [1.29, 1.82) is 0 Å². The molecule has 6 atom stereocenters. The predicted molar refractivity (Wildman–Crippen MR) is 267 cm³/mol. The molecule has 4 N–H and O–H groups in total. The average molecular weight is 895 g/mol. The molecule has 2 aromatic rings. The van der Waals surface area contributed by atoms with Crippen molar-refractivity contribution in [2.45, 2.75) is 116 Å². The van der Waals surface area contributed by atoms with Crippen LogP contribution in [0.4, 0.5) is 5.69 Å². The zero-order valence-electron chi connectivity index (χ0n) is 41.1. The average Bonchev–Trinajstić information content (AvgIpc) is 3.60. The molecule has 1 aromatic carbocycles. The van der Waals surface area contributed by atoms with Crippen LogP contribution in [0.1, 0.15) is 121 Å². The normalized spacial score (nSPS) is 21.9. The van der Waals surface area contributed by atoms with Crippen LogP contribution < -0.4 is 20.9 Å². The first-order valence-corrected chi connectivity index (χ1v) is 24.3. The summed E-state index contributed by atoms with van der Waals surface area (Å²) in [5.74, 6) is 0.162. The number of amides is 1. The summed E-state index contributed by atoms with van der Waals surface area (Å²) in [4.78, 5) is 40.0. The zero-order valence-corrected chi connectivity index (χ0v) is 41.1. The standard InChI is InChI=1S/C53H82N8O4/c1-12-27-60-30-29-59(39(7)13-2)35-53(60,22-25-54-11)23-26-56-48(38(5)6)51(64)57-43(14-3)34-58-28-17-18-42(33-58)41-20-21-47-45(31-41)46(32-52(9,10)36-65-37-62)50(61(47)15-4)44-19-16-24-55-49(44)40(8)63/h13-14,16,18-21,24,31,37-38,40,43,46,48,50,54,56,63H,2-3,7,12,15,17,22-23,25-30,32-36H2,1,4-6,8-11H3,(H,57,64). The smallest absolute Gasteiger partial charge is 0.293 e. The van der Waals surface area contributed by atoms with E-state index in [-0.39, 0.29) is 46.8 Å². The molecule has 5 rings (SSSR count). The second kappa shape index (κ2) is 23.9. The molecular formula is C53H82N8O4. The number of hydrogen-bond donors (Lipinski definition) is 4. The third-order valence-corrected chi connectivity index (χ3v) is 14.0. The monoisotopic (exact) mass is 895 g/mol. The Labute approximate surface area is 391 Å². The third-order valence-electron chi connectivity index (χ3n) is 14.0. The number of carbonyl (C=O) groups excluding carboxylic acids is 2. The van der Waals surface area contributed by atoms with Crippen LogP contribution >= 0.6 is 0 Å². The van der Waals surface area contributed by atoms with E-state index in [2.05, 4.69) is 132 Å². The van der Waals surface area contributed by atoms with Gasteiger partial charge in [0.25, 0.3) is 6.47 Å². The lowest BCUT2D eigenvalue weighted by Crippen LogP contribution is -2.63. The van der Waals surface area contributed by atoms with Crippen LogP contribution in [0.5, 0.6) is 0 Å². The van der Waals surface area contributed by atoms with E-state index in [0.29, 0.717) is 25.3 Å². The van der Waals surface area contributed by atoms with Gasteiger partial charge in [0.15, 0.2) is 0 Å². The van der Waals surface area contributed by atoms with E-state index in [1.807, 2.05) is 25.3 Å². The minimum atomic E-state index is -0.717. The molecule has 12 nitrogen and oxygen atoms in total. The molecule has 1 saturated heterocycles. The minimum Gasteiger partial charge on any atom is -0.467 e. The molecule has 0 aliphatic carbocycles. The molecule has 0 spiro atoms. The van der Waals surface area contributed by atoms with Crippen LogP contribution in [0.2, 0.25) is 0 Å². The quantitative estimate of drug-likeness (QED) is 0.0435. The van der Waals surface area contributed by atoms with Gasteiger partial charge in [-0.05, 0) is 131 Å². The fraction of sp³-hybridized carbons (Fsp3) is 0.604. The Bertz CT molecular complexity index is 1950. The molecule has 6 unspecified atom stereocenters. The van der Waals surface area contributed by atoms with Gasteiger partial charge in [-0.3, -0.25) is 24.4 Å². The van der Waals surface area contributed by atoms with Crippen molar-refractivity contribution in [3.63, 3.8) is 0 Å². The fourth-order valence-electron chi connectivity index (χ4n) is 10.7. The Hall–Kier alpha value is -4.33. The van der Waals surface area contributed by atoms with Crippen LogP contribution in [-0.2, 0) is 14.3 Å². The highest BCUT2D eigenvalue weighted by atomic mass is 16.5. The Balaban J connectivity index is 1.30. The van der Waals surface area contributed by atoms with Crippen molar-refractivity contribution in [3.05, 3.63) is 103 Å². The number of anilines is 1. The Morgan fingerprint density at radius 2 is 1.86 bits per heavy atom. The summed E-state index contributed by atoms with van der Waals surface area (Å²) in [6.07, 6.45) is 11.8. The van der Waals surface area contributed by atoms with Gasteiger partial charge in [0, 0.05) is 74.9 Å². The van der Waals surface area contributed by atoms with Crippen molar-refractivity contribution in [2.24, 2.45) is 11.3 Å². The number of nitrogens with one attached hydrogen (secondary N) is 3. The van der Waals surface area contributed by atoms with Crippen molar-refractivity contribution in [2.75, 3.05) is 84.0 Å². The first-order chi connectivity index (χ1) is 31.2. The number of ether oxygens (including phenoxy) is 1. The minimum absolute atomic E-state index is 0.00574. The summed E-state index contributed by atoms with van der Waals surface area (Å²) in [7, 11) is 2.02. The number of pyridine rings is 1. The summed E-state index contributed by atoms with van der Waals surface area (Å²) < 4.78 is 5.34. The lowest BCUT2D eigenvalue weighted by molar-refractivity contribution is -0.131. The molecule has 1 aromatic heterocycles. The molecule has 0 bridgehead atoms. The van der Waals surface area contributed by atoms with Crippen LogP contribution in [0.3, 0.4) is 0 Å².